The summed E-state index contributed by atoms with van der Waals surface area (Å²) in [7, 11) is 0. The maximum atomic E-state index is 13.6. The first-order valence-corrected chi connectivity index (χ1v) is 4.87. The van der Waals surface area contributed by atoms with Crippen LogP contribution in [0.15, 0.2) is 18.2 Å². The summed E-state index contributed by atoms with van der Waals surface area (Å²) in [5.74, 6) is 3.98. The van der Waals surface area contributed by atoms with Gasteiger partial charge in [0.15, 0.2) is 0 Å². The Morgan fingerprint density at radius 3 is 2.24 bits per heavy atom. The first-order valence-electron chi connectivity index (χ1n) is 4.87. The number of hydrogen-bond donors (Lipinski definition) is 1. The molecule has 2 nitrogen and oxygen atoms in total. The lowest BCUT2D eigenvalue weighted by Crippen LogP contribution is -2.27. The average molecular weight is 251 g/mol. The normalized spacial score (nSPS) is 12.9. The van der Waals surface area contributed by atoms with E-state index in [2.05, 4.69) is 4.84 Å². The lowest BCUT2D eigenvalue weighted by atomic mass is 9.84. The molecule has 0 heterocycles. The summed E-state index contributed by atoms with van der Waals surface area (Å²) in [6.45, 7) is 3.27. The number of halogens is 4. The molecule has 1 rings (SSSR count). The van der Waals surface area contributed by atoms with Crippen molar-refractivity contribution in [3.63, 3.8) is 0 Å². The molecule has 0 saturated carbocycles. The average Bonchev–Trinajstić information content (AvgIpc) is 2.15. The van der Waals surface area contributed by atoms with Gasteiger partial charge in [-0.3, -0.25) is 0 Å². The van der Waals surface area contributed by atoms with Crippen LogP contribution in [0.1, 0.15) is 25.0 Å². The Hall–Kier alpha value is -1.14. The molecule has 1 aromatic rings. The minimum atomic E-state index is -4.55. The second kappa shape index (κ2) is 4.62. The van der Waals surface area contributed by atoms with Crippen LogP contribution in [-0.2, 0) is 16.4 Å². The monoisotopic (exact) mass is 251 g/mol. The van der Waals surface area contributed by atoms with Gasteiger partial charge in [0.05, 0.1) is 12.2 Å². The van der Waals surface area contributed by atoms with Gasteiger partial charge >= 0.3 is 6.18 Å². The molecule has 0 bridgehead atoms. The van der Waals surface area contributed by atoms with Crippen LogP contribution >= 0.6 is 0 Å². The van der Waals surface area contributed by atoms with Crippen LogP contribution in [0.25, 0.3) is 0 Å². The molecule has 17 heavy (non-hydrogen) atoms. The van der Waals surface area contributed by atoms with Crippen molar-refractivity contribution < 1.29 is 22.4 Å². The highest BCUT2D eigenvalue weighted by molar-refractivity contribution is 5.31. The Morgan fingerprint density at radius 2 is 1.82 bits per heavy atom. The molecule has 0 saturated heterocycles. The van der Waals surface area contributed by atoms with Crippen molar-refractivity contribution in [3.8, 4) is 0 Å². The van der Waals surface area contributed by atoms with E-state index in [9.17, 15) is 17.6 Å². The van der Waals surface area contributed by atoms with E-state index in [1.807, 2.05) is 0 Å². The first-order chi connectivity index (χ1) is 7.68. The molecule has 0 radical (unpaired) electrons. The van der Waals surface area contributed by atoms with Crippen molar-refractivity contribution >= 4 is 0 Å². The van der Waals surface area contributed by atoms with E-state index >= 15 is 0 Å². The highest BCUT2D eigenvalue weighted by atomic mass is 19.4. The predicted molar refractivity (Wildman–Crippen MR) is 54.6 cm³/mol. The number of benzene rings is 1. The zero-order valence-electron chi connectivity index (χ0n) is 9.44. The Morgan fingerprint density at radius 1 is 1.24 bits per heavy atom. The second-order valence-electron chi connectivity index (χ2n) is 4.39. The van der Waals surface area contributed by atoms with Crippen LogP contribution in [0.3, 0.4) is 0 Å². The fourth-order valence-electron chi connectivity index (χ4n) is 1.53. The molecular formula is C11H13F4NO. The number of nitrogens with two attached hydrogens (primary N) is 1. The van der Waals surface area contributed by atoms with Crippen molar-refractivity contribution in [2.75, 3.05) is 6.61 Å². The van der Waals surface area contributed by atoms with Gasteiger partial charge in [-0.2, -0.15) is 13.2 Å². The van der Waals surface area contributed by atoms with Gasteiger partial charge in [-0.25, -0.2) is 10.3 Å². The van der Waals surface area contributed by atoms with Crippen molar-refractivity contribution in [2.24, 2.45) is 5.90 Å². The highest BCUT2D eigenvalue weighted by Gasteiger charge is 2.33. The van der Waals surface area contributed by atoms with Crippen LogP contribution in [0.2, 0.25) is 0 Å². The number of rotatable bonds is 3. The van der Waals surface area contributed by atoms with E-state index in [0.29, 0.717) is 6.07 Å². The SMILES string of the molecule is CC(C)(CON)c1ccc(C(F)(F)F)cc1F. The van der Waals surface area contributed by atoms with Gasteiger partial charge in [0, 0.05) is 5.41 Å². The quantitative estimate of drug-likeness (QED) is 0.662. The van der Waals surface area contributed by atoms with Crippen molar-refractivity contribution in [3.05, 3.63) is 35.1 Å². The minimum Gasteiger partial charge on any atom is -0.304 e. The van der Waals surface area contributed by atoms with E-state index in [4.69, 9.17) is 5.90 Å². The maximum Gasteiger partial charge on any atom is 0.416 e. The van der Waals surface area contributed by atoms with Crippen LogP contribution in [0, 0.1) is 5.82 Å². The molecule has 0 aliphatic heterocycles. The number of alkyl halides is 3. The topological polar surface area (TPSA) is 35.2 Å². The second-order valence-corrected chi connectivity index (χ2v) is 4.39. The molecule has 0 aliphatic rings. The third-order valence-electron chi connectivity index (χ3n) is 2.47. The van der Waals surface area contributed by atoms with Gasteiger partial charge in [0.1, 0.15) is 5.82 Å². The summed E-state index contributed by atoms with van der Waals surface area (Å²) < 4.78 is 50.6. The van der Waals surface area contributed by atoms with E-state index < -0.39 is 23.0 Å². The van der Waals surface area contributed by atoms with Gasteiger partial charge in [-0.15, -0.1) is 0 Å². The van der Waals surface area contributed by atoms with E-state index in [1.165, 1.54) is 0 Å². The fraction of sp³-hybridized carbons (Fsp3) is 0.455. The first kappa shape index (κ1) is 13.9. The Kier molecular flexibility index (Phi) is 3.78. The van der Waals surface area contributed by atoms with E-state index in [-0.39, 0.29) is 12.2 Å². The third-order valence-corrected chi connectivity index (χ3v) is 2.47. The Balaban J connectivity index is 3.14. The van der Waals surface area contributed by atoms with E-state index in [0.717, 1.165) is 12.1 Å². The van der Waals surface area contributed by atoms with Gasteiger partial charge in [-0.1, -0.05) is 19.9 Å². The van der Waals surface area contributed by atoms with Crippen LogP contribution in [0.5, 0.6) is 0 Å². The third kappa shape index (κ3) is 3.17. The molecule has 96 valence electrons. The largest absolute Gasteiger partial charge is 0.416 e. The van der Waals surface area contributed by atoms with Gasteiger partial charge in [0.2, 0.25) is 0 Å². The zero-order valence-corrected chi connectivity index (χ0v) is 9.44. The minimum absolute atomic E-state index is 0.00921. The molecule has 6 heteroatoms. The van der Waals surface area contributed by atoms with Gasteiger partial charge < -0.3 is 4.84 Å². The van der Waals surface area contributed by atoms with Crippen LogP contribution in [0.4, 0.5) is 17.6 Å². The Bertz CT molecular complexity index is 401. The molecular weight excluding hydrogens is 238 g/mol. The standard InChI is InChI=1S/C11H13F4NO/c1-10(2,6-17-16)8-4-3-7(5-9(8)12)11(13,14)15/h3-5H,6,16H2,1-2H3. The van der Waals surface area contributed by atoms with Crippen molar-refractivity contribution in [2.45, 2.75) is 25.4 Å². The molecule has 1 aromatic carbocycles. The summed E-state index contributed by atoms with van der Waals surface area (Å²) in [6, 6.07) is 2.43. The van der Waals surface area contributed by atoms with Crippen LogP contribution in [-0.4, -0.2) is 6.61 Å². The summed E-state index contributed by atoms with van der Waals surface area (Å²) in [5, 5.41) is 0. The molecule has 0 fully saturated rings. The van der Waals surface area contributed by atoms with Crippen LogP contribution < -0.4 is 5.90 Å². The molecule has 2 N–H and O–H groups in total. The molecule has 0 amide bonds. The Labute approximate surface area is 96.3 Å². The van der Waals surface area contributed by atoms with Gasteiger partial charge in [0.25, 0.3) is 0 Å². The van der Waals surface area contributed by atoms with Crippen molar-refractivity contribution in [1.29, 1.82) is 0 Å². The fourth-order valence-corrected chi connectivity index (χ4v) is 1.53. The van der Waals surface area contributed by atoms with Crippen molar-refractivity contribution in [1.82, 2.24) is 0 Å². The molecule has 0 unspecified atom stereocenters. The summed E-state index contributed by atoms with van der Waals surface area (Å²) >= 11 is 0. The predicted octanol–water partition coefficient (Wildman–Crippen LogP) is 3.01. The lowest BCUT2D eigenvalue weighted by molar-refractivity contribution is -0.137. The molecule has 0 spiro atoms. The smallest absolute Gasteiger partial charge is 0.304 e. The van der Waals surface area contributed by atoms with E-state index in [1.54, 1.807) is 13.8 Å². The highest BCUT2D eigenvalue weighted by Crippen LogP contribution is 2.33. The number of hydrogen-bond acceptors (Lipinski definition) is 2. The van der Waals surface area contributed by atoms with Gasteiger partial charge in [-0.05, 0) is 17.7 Å². The molecule has 0 atom stereocenters. The summed E-state index contributed by atoms with van der Waals surface area (Å²) in [5.41, 5.74) is -1.66. The zero-order chi connectivity index (χ0) is 13.3. The maximum absolute atomic E-state index is 13.6. The molecule has 0 aliphatic carbocycles. The lowest BCUT2D eigenvalue weighted by Gasteiger charge is -2.24. The summed E-state index contributed by atoms with van der Waals surface area (Å²) in [4.78, 5) is 4.42. The summed E-state index contributed by atoms with van der Waals surface area (Å²) in [6.07, 6.45) is -4.55. The molecule has 0 aromatic heterocycles.